The summed E-state index contributed by atoms with van der Waals surface area (Å²) in [6.45, 7) is 0.923. The topological polar surface area (TPSA) is 97.8 Å². The van der Waals surface area contributed by atoms with Crippen LogP contribution in [-0.4, -0.2) is 50.0 Å². The number of aromatic hydroxyl groups is 1. The maximum Gasteiger partial charge on any atom is 0.416 e. The highest BCUT2D eigenvalue weighted by molar-refractivity contribution is 8.00. The minimum Gasteiger partial charge on any atom is -0.508 e. The number of phenols is 1. The SMILES string of the molecule is O=C1OCCN1C(=O)C(Cc1ccco1)Sc1nc2ccc(O)cc2n1Cc1ccccc1. The van der Waals surface area contributed by atoms with Gasteiger partial charge in [-0.15, -0.1) is 0 Å². The molecule has 4 aromatic rings. The van der Waals surface area contributed by atoms with Gasteiger partial charge in [-0.2, -0.15) is 0 Å². The summed E-state index contributed by atoms with van der Waals surface area (Å²) in [6.07, 6.45) is 1.21. The summed E-state index contributed by atoms with van der Waals surface area (Å²) in [7, 11) is 0. The van der Waals surface area contributed by atoms with E-state index in [1.54, 1.807) is 36.6 Å². The number of rotatable bonds is 7. The minimum absolute atomic E-state index is 0.135. The average Bonchev–Trinajstić information content (AvgIpc) is 3.55. The number of hydrogen-bond donors (Lipinski definition) is 1. The van der Waals surface area contributed by atoms with Crippen LogP contribution in [0, 0.1) is 0 Å². The predicted octanol–water partition coefficient (Wildman–Crippen LogP) is 4.07. The van der Waals surface area contributed by atoms with E-state index in [9.17, 15) is 14.7 Å². The van der Waals surface area contributed by atoms with Gasteiger partial charge < -0.3 is 18.8 Å². The third-order valence-corrected chi connectivity index (χ3v) is 6.57. The number of carbonyl (C=O) groups is 2. The number of imide groups is 1. The number of hydrogen-bond acceptors (Lipinski definition) is 7. The molecule has 0 saturated carbocycles. The number of fused-ring (bicyclic) bond motifs is 1. The van der Waals surface area contributed by atoms with Crippen molar-refractivity contribution in [2.24, 2.45) is 0 Å². The zero-order chi connectivity index (χ0) is 22.8. The Morgan fingerprint density at radius 3 is 2.73 bits per heavy atom. The molecule has 2 aromatic carbocycles. The summed E-state index contributed by atoms with van der Waals surface area (Å²) in [5, 5.41) is 10.0. The molecule has 1 fully saturated rings. The Balaban J connectivity index is 1.53. The number of amides is 2. The van der Waals surface area contributed by atoms with Crippen LogP contribution in [0.5, 0.6) is 5.75 Å². The number of ether oxygens (including phenoxy) is 1. The first kappa shape index (κ1) is 21.1. The van der Waals surface area contributed by atoms with Crippen LogP contribution < -0.4 is 0 Å². The monoisotopic (exact) mass is 463 g/mol. The van der Waals surface area contributed by atoms with Gasteiger partial charge in [0.05, 0.1) is 35.6 Å². The van der Waals surface area contributed by atoms with Crippen LogP contribution in [0.3, 0.4) is 0 Å². The van der Waals surface area contributed by atoms with E-state index in [1.165, 1.54) is 11.8 Å². The zero-order valence-electron chi connectivity index (χ0n) is 17.6. The normalized spacial score (nSPS) is 14.5. The van der Waals surface area contributed by atoms with Crippen LogP contribution in [0.25, 0.3) is 11.0 Å². The summed E-state index contributed by atoms with van der Waals surface area (Å²) in [4.78, 5) is 31.3. The number of nitrogens with zero attached hydrogens (tertiary/aromatic N) is 3. The van der Waals surface area contributed by atoms with E-state index >= 15 is 0 Å². The molecule has 1 aliphatic heterocycles. The Morgan fingerprint density at radius 1 is 1.15 bits per heavy atom. The van der Waals surface area contributed by atoms with Gasteiger partial charge in [0, 0.05) is 12.5 Å². The van der Waals surface area contributed by atoms with E-state index in [-0.39, 0.29) is 24.8 Å². The second-order valence-corrected chi connectivity index (χ2v) is 8.80. The van der Waals surface area contributed by atoms with Gasteiger partial charge in [-0.25, -0.2) is 14.7 Å². The lowest BCUT2D eigenvalue weighted by atomic mass is 10.2. The fourth-order valence-corrected chi connectivity index (χ4v) is 4.95. The van der Waals surface area contributed by atoms with Crippen LogP contribution >= 0.6 is 11.8 Å². The standard InChI is InChI=1S/C24H21N3O5S/c28-17-8-9-19-20(13-17)27(15-16-5-2-1-3-6-16)23(25-19)33-21(14-18-7-4-11-31-18)22(29)26-10-12-32-24(26)30/h1-9,11,13,21,28H,10,12,14-15H2. The average molecular weight is 464 g/mol. The van der Waals surface area contributed by atoms with Crippen molar-refractivity contribution in [1.29, 1.82) is 0 Å². The molecule has 8 nitrogen and oxygen atoms in total. The summed E-state index contributed by atoms with van der Waals surface area (Å²) in [5.74, 6) is 0.424. The summed E-state index contributed by atoms with van der Waals surface area (Å²) >= 11 is 1.27. The molecule has 0 radical (unpaired) electrons. The van der Waals surface area contributed by atoms with E-state index in [4.69, 9.17) is 14.1 Å². The lowest BCUT2D eigenvalue weighted by Gasteiger charge is -2.19. The first-order valence-electron chi connectivity index (χ1n) is 10.5. The van der Waals surface area contributed by atoms with Crippen molar-refractivity contribution in [2.45, 2.75) is 23.4 Å². The van der Waals surface area contributed by atoms with E-state index in [0.717, 1.165) is 16.0 Å². The Labute approximate surface area is 193 Å². The minimum atomic E-state index is -0.651. The third kappa shape index (κ3) is 4.45. The van der Waals surface area contributed by atoms with E-state index in [0.29, 0.717) is 29.4 Å². The van der Waals surface area contributed by atoms with Crippen LogP contribution in [-0.2, 0) is 22.5 Å². The molecule has 33 heavy (non-hydrogen) atoms. The molecule has 3 heterocycles. The van der Waals surface area contributed by atoms with Crippen molar-refractivity contribution in [1.82, 2.24) is 14.5 Å². The summed E-state index contributed by atoms with van der Waals surface area (Å²) in [6, 6.07) is 18.4. The molecule has 5 rings (SSSR count). The highest BCUT2D eigenvalue weighted by atomic mass is 32.2. The van der Waals surface area contributed by atoms with E-state index in [2.05, 4.69) is 0 Å². The molecular formula is C24H21N3O5S. The zero-order valence-corrected chi connectivity index (χ0v) is 18.4. The van der Waals surface area contributed by atoms with Gasteiger partial charge in [-0.1, -0.05) is 42.1 Å². The van der Waals surface area contributed by atoms with Crippen molar-refractivity contribution in [3.8, 4) is 5.75 Å². The van der Waals surface area contributed by atoms with Crippen molar-refractivity contribution in [3.63, 3.8) is 0 Å². The lowest BCUT2D eigenvalue weighted by molar-refractivity contribution is -0.127. The fourth-order valence-electron chi connectivity index (χ4n) is 3.78. The van der Waals surface area contributed by atoms with Gasteiger partial charge in [0.25, 0.3) is 0 Å². The van der Waals surface area contributed by atoms with Gasteiger partial charge in [-0.05, 0) is 29.8 Å². The van der Waals surface area contributed by atoms with E-state index in [1.807, 2.05) is 34.9 Å². The van der Waals surface area contributed by atoms with Crippen LogP contribution in [0.15, 0.2) is 76.5 Å². The number of furan rings is 1. The molecule has 0 spiro atoms. The maximum atomic E-state index is 13.3. The quantitative estimate of drug-likeness (QED) is 0.413. The summed E-state index contributed by atoms with van der Waals surface area (Å²) < 4.78 is 12.4. The second kappa shape index (κ2) is 9.03. The smallest absolute Gasteiger partial charge is 0.416 e. The van der Waals surface area contributed by atoms with Gasteiger partial charge in [0.15, 0.2) is 5.16 Å². The molecule has 1 N–H and O–H groups in total. The molecule has 9 heteroatoms. The summed E-state index contributed by atoms with van der Waals surface area (Å²) in [5.41, 5.74) is 2.51. The molecule has 168 valence electrons. The molecule has 2 amide bonds. The van der Waals surface area contributed by atoms with Crippen LogP contribution in [0.1, 0.15) is 11.3 Å². The number of phenolic OH excluding ortho intramolecular Hbond substituents is 1. The number of imidazole rings is 1. The van der Waals surface area contributed by atoms with Gasteiger partial charge in [0.2, 0.25) is 5.91 Å². The number of benzene rings is 2. The Kier molecular flexibility index (Phi) is 5.78. The molecule has 1 saturated heterocycles. The largest absolute Gasteiger partial charge is 0.508 e. The molecule has 2 aromatic heterocycles. The number of thioether (sulfide) groups is 1. The van der Waals surface area contributed by atoms with Gasteiger partial charge in [0.1, 0.15) is 18.1 Å². The molecule has 1 unspecified atom stereocenters. The molecule has 0 bridgehead atoms. The maximum absolute atomic E-state index is 13.3. The van der Waals surface area contributed by atoms with Crippen LogP contribution in [0.4, 0.5) is 4.79 Å². The molecular weight excluding hydrogens is 442 g/mol. The Hall–Kier alpha value is -3.72. The first-order chi connectivity index (χ1) is 16.1. The van der Waals surface area contributed by atoms with Crippen LogP contribution in [0.2, 0.25) is 0 Å². The number of aromatic nitrogens is 2. The van der Waals surface area contributed by atoms with Crippen molar-refractivity contribution >= 4 is 34.8 Å². The van der Waals surface area contributed by atoms with Crippen molar-refractivity contribution < 1.29 is 23.8 Å². The lowest BCUT2D eigenvalue weighted by Crippen LogP contribution is -2.39. The molecule has 1 aliphatic rings. The molecule has 1 atom stereocenters. The highest BCUT2D eigenvalue weighted by Crippen LogP contribution is 2.32. The third-order valence-electron chi connectivity index (χ3n) is 5.40. The Morgan fingerprint density at radius 2 is 2.00 bits per heavy atom. The van der Waals surface area contributed by atoms with Gasteiger partial charge >= 0.3 is 6.09 Å². The number of cyclic esters (lactones) is 1. The first-order valence-corrected chi connectivity index (χ1v) is 11.4. The van der Waals surface area contributed by atoms with Crippen molar-refractivity contribution in [3.05, 3.63) is 78.3 Å². The fraction of sp³-hybridized carbons (Fsp3) is 0.208. The van der Waals surface area contributed by atoms with E-state index < -0.39 is 11.3 Å². The van der Waals surface area contributed by atoms with Gasteiger partial charge in [-0.3, -0.25) is 4.79 Å². The molecule has 0 aliphatic carbocycles. The van der Waals surface area contributed by atoms with Crippen molar-refractivity contribution in [2.75, 3.05) is 13.2 Å². The Bertz CT molecular complexity index is 1290. The number of carbonyl (C=O) groups excluding carboxylic acids is 2. The highest BCUT2D eigenvalue weighted by Gasteiger charge is 2.35. The second-order valence-electron chi connectivity index (χ2n) is 7.63. The predicted molar refractivity (Wildman–Crippen MR) is 122 cm³/mol.